The van der Waals surface area contributed by atoms with Crippen LogP contribution in [-0.2, 0) is 0 Å². The van der Waals surface area contributed by atoms with Crippen LogP contribution in [0.4, 0.5) is 22.7 Å². The molecule has 0 amide bonds. The van der Waals surface area contributed by atoms with Crippen LogP contribution in [0.15, 0.2) is 36.4 Å². The van der Waals surface area contributed by atoms with E-state index in [1.165, 1.54) is 18.2 Å². The van der Waals surface area contributed by atoms with E-state index >= 15 is 0 Å². The minimum absolute atomic E-state index is 0.151. The molecule has 0 atom stereocenters. The Morgan fingerprint density at radius 2 is 1.57 bits per heavy atom. The van der Waals surface area contributed by atoms with E-state index < -0.39 is 21.2 Å². The zero-order chi connectivity index (χ0) is 15.6. The lowest BCUT2D eigenvalue weighted by molar-refractivity contribution is -0.394. The van der Waals surface area contributed by atoms with Gasteiger partial charge in [-0.05, 0) is 24.3 Å². The first-order valence-corrected chi connectivity index (χ1v) is 5.64. The fourth-order valence-electron chi connectivity index (χ4n) is 1.63. The van der Waals surface area contributed by atoms with Gasteiger partial charge in [0, 0.05) is 11.8 Å². The molecule has 0 aromatic heterocycles. The second-order valence-electron chi connectivity index (χ2n) is 4.07. The van der Waals surface area contributed by atoms with Crippen LogP contribution in [0.25, 0.3) is 0 Å². The van der Waals surface area contributed by atoms with Gasteiger partial charge in [-0.1, -0.05) is 0 Å². The summed E-state index contributed by atoms with van der Waals surface area (Å²) in [5.74, 6) is 0.0169. The van der Waals surface area contributed by atoms with Gasteiger partial charge in [-0.2, -0.15) is 0 Å². The Morgan fingerprint density at radius 1 is 0.905 bits per heavy atom. The molecule has 0 aliphatic carbocycles. The molecule has 9 nitrogen and oxygen atoms in total. The lowest BCUT2D eigenvalue weighted by Gasteiger charge is -2.09. The highest BCUT2D eigenvalue weighted by Gasteiger charge is 2.21. The van der Waals surface area contributed by atoms with Gasteiger partial charge in [0.2, 0.25) is 5.75 Å². The smallest absolute Gasteiger partial charge is 0.318 e. The van der Waals surface area contributed by atoms with Crippen LogP contribution in [-0.4, -0.2) is 9.85 Å². The molecule has 0 fully saturated rings. The van der Waals surface area contributed by atoms with Crippen LogP contribution in [0.5, 0.6) is 11.5 Å². The molecule has 0 aliphatic rings. The number of nitrogen functional groups attached to an aromatic ring is 2. The molecule has 0 aliphatic heterocycles. The van der Waals surface area contributed by atoms with E-state index in [2.05, 4.69) is 0 Å². The summed E-state index contributed by atoms with van der Waals surface area (Å²) < 4.78 is 5.35. The molecule has 2 rings (SSSR count). The average Bonchev–Trinajstić information content (AvgIpc) is 2.41. The van der Waals surface area contributed by atoms with Gasteiger partial charge in [-0.25, -0.2) is 0 Å². The SMILES string of the molecule is Nc1ccc(Oc2ccc([N+](=O)[O-])cc2[N+](=O)[O-])c(N)c1. The predicted molar refractivity (Wildman–Crippen MR) is 75.1 cm³/mol. The van der Waals surface area contributed by atoms with Crippen LogP contribution < -0.4 is 16.2 Å². The second-order valence-corrected chi connectivity index (χ2v) is 4.07. The number of hydrogen-bond acceptors (Lipinski definition) is 7. The minimum Gasteiger partial charge on any atom is -0.448 e. The van der Waals surface area contributed by atoms with E-state index in [1.54, 1.807) is 0 Å². The summed E-state index contributed by atoms with van der Waals surface area (Å²) in [6, 6.07) is 7.48. The molecule has 2 aromatic carbocycles. The standard InChI is InChI=1S/C12H10N4O5/c13-7-1-3-11(9(14)5-7)21-12-4-2-8(15(17)18)6-10(12)16(19)20/h1-6H,13-14H2. The van der Waals surface area contributed by atoms with Crippen molar-refractivity contribution >= 4 is 22.7 Å². The van der Waals surface area contributed by atoms with Crippen molar-refractivity contribution in [3.05, 3.63) is 56.6 Å². The molecule has 0 spiro atoms. The largest absolute Gasteiger partial charge is 0.448 e. The molecular formula is C12H10N4O5. The number of nitro benzene ring substituents is 2. The predicted octanol–water partition coefficient (Wildman–Crippen LogP) is 2.46. The molecule has 0 saturated heterocycles. The first-order chi connectivity index (χ1) is 9.88. The van der Waals surface area contributed by atoms with Gasteiger partial charge in [-0.15, -0.1) is 0 Å². The molecule has 21 heavy (non-hydrogen) atoms. The quantitative estimate of drug-likeness (QED) is 0.499. The van der Waals surface area contributed by atoms with E-state index in [4.69, 9.17) is 16.2 Å². The van der Waals surface area contributed by atoms with Gasteiger partial charge in [-0.3, -0.25) is 20.2 Å². The number of non-ortho nitro benzene ring substituents is 1. The third kappa shape index (κ3) is 2.97. The maximum Gasteiger partial charge on any atom is 0.318 e. The van der Waals surface area contributed by atoms with Crippen molar-refractivity contribution in [3.63, 3.8) is 0 Å². The first kappa shape index (κ1) is 14.1. The van der Waals surface area contributed by atoms with Gasteiger partial charge >= 0.3 is 5.69 Å². The fraction of sp³-hybridized carbons (Fsp3) is 0. The Morgan fingerprint density at radius 3 is 2.14 bits per heavy atom. The van der Waals surface area contributed by atoms with E-state index in [1.807, 2.05) is 0 Å². The number of nitrogens with zero attached hydrogens (tertiary/aromatic N) is 2. The molecule has 0 radical (unpaired) electrons. The average molecular weight is 290 g/mol. The maximum atomic E-state index is 11.0. The van der Waals surface area contributed by atoms with Gasteiger partial charge in [0.25, 0.3) is 5.69 Å². The van der Waals surface area contributed by atoms with Crippen molar-refractivity contribution in [2.24, 2.45) is 0 Å². The number of hydrogen-bond donors (Lipinski definition) is 2. The highest BCUT2D eigenvalue weighted by molar-refractivity contribution is 5.63. The van der Waals surface area contributed by atoms with Crippen molar-refractivity contribution in [1.29, 1.82) is 0 Å². The summed E-state index contributed by atoms with van der Waals surface area (Å²) in [7, 11) is 0. The van der Waals surface area contributed by atoms with E-state index in [0.717, 1.165) is 18.2 Å². The minimum atomic E-state index is -0.768. The van der Waals surface area contributed by atoms with Crippen molar-refractivity contribution < 1.29 is 14.6 Å². The molecule has 0 unspecified atom stereocenters. The number of nitro groups is 2. The fourth-order valence-corrected chi connectivity index (χ4v) is 1.63. The van der Waals surface area contributed by atoms with Gasteiger partial charge < -0.3 is 16.2 Å². The summed E-state index contributed by atoms with van der Waals surface area (Å²) in [4.78, 5) is 20.1. The summed E-state index contributed by atoms with van der Waals surface area (Å²) in [5.41, 5.74) is 10.9. The Labute approximate surface area is 118 Å². The molecule has 4 N–H and O–H groups in total. The molecule has 0 heterocycles. The van der Waals surface area contributed by atoms with Crippen LogP contribution in [0.1, 0.15) is 0 Å². The van der Waals surface area contributed by atoms with Gasteiger partial charge in [0.15, 0.2) is 5.75 Å². The maximum absolute atomic E-state index is 11.0. The third-order valence-electron chi connectivity index (χ3n) is 2.60. The van der Waals surface area contributed by atoms with Crippen LogP contribution >= 0.6 is 0 Å². The number of anilines is 2. The molecule has 0 saturated carbocycles. The Bertz CT molecular complexity index is 732. The van der Waals surface area contributed by atoms with Gasteiger partial charge in [0.05, 0.1) is 21.6 Å². The van der Waals surface area contributed by atoms with E-state index in [-0.39, 0.29) is 17.2 Å². The van der Waals surface area contributed by atoms with Gasteiger partial charge in [0.1, 0.15) is 0 Å². The Hall–Kier alpha value is -3.36. The Balaban J connectivity index is 2.44. The zero-order valence-electron chi connectivity index (χ0n) is 10.6. The normalized spacial score (nSPS) is 10.1. The molecule has 9 heteroatoms. The topological polar surface area (TPSA) is 148 Å². The third-order valence-corrected chi connectivity index (χ3v) is 2.60. The van der Waals surface area contributed by atoms with Crippen LogP contribution in [0, 0.1) is 20.2 Å². The number of rotatable bonds is 4. The van der Waals surface area contributed by atoms with Crippen molar-refractivity contribution in [1.82, 2.24) is 0 Å². The van der Waals surface area contributed by atoms with Crippen molar-refractivity contribution in [2.45, 2.75) is 0 Å². The van der Waals surface area contributed by atoms with Crippen LogP contribution in [0.2, 0.25) is 0 Å². The summed E-state index contributed by atoms with van der Waals surface area (Å²) >= 11 is 0. The number of benzene rings is 2. The number of nitrogens with two attached hydrogens (primary N) is 2. The van der Waals surface area contributed by atoms with E-state index in [9.17, 15) is 20.2 Å². The lowest BCUT2D eigenvalue weighted by atomic mass is 10.2. The summed E-state index contributed by atoms with van der Waals surface area (Å²) in [6.07, 6.45) is 0. The number of ether oxygens (including phenoxy) is 1. The van der Waals surface area contributed by atoms with Crippen molar-refractivity contribution in [3.8, 4) is 11.5 Å². The summed E-state index contributed by atoms with van der Waals surface area (Å²) in [5, 5.41) is 21.6. The monoisotopic (exact) mass is 290 g/mol. The molecular weight excluding hydrogens is 280 g/mol. The van der Waals surface area contributed by atoms with Crippen LogP contribution in [0.3, 0.4) is 0 Å². The highest BCUT2D eigenvalue weighted by Crippen LogP contribution is 2.36. The first-order valence-electron chi connectivity index (χ1n) is 5.64. The lowest BCUT2D eigenvalue weighted by Crippen LogP contribution is -1.98. The molecule has 2 aromatic rings. The zero-order valence-corrected chi connectivity index (χ0v) is 10.6. The summed E-state index contributed by atoms with van der Waals surface area (Å²) in [6.45, 7) is 0. The molecule has 108 valence electrons. The molecule has 0 bridgehead atoms. The van der Waals surface area contributed by atoms with Crippen molar-refractivity contribution in [2.75, 3.05) is 11.5 Å². The van der Waals surface area contributed by atoms with E-state index in [0.29, 0.717) is 5.69 Å². The second kappa shape index (κ2) is 5.33. The Kier molecular flexibility index (Phi) is 3.57. The highest BCUT2D eigenvalue weighted by atomic mass is 16.6.